The van der Waals surface area contributed by atoms with Gasteiger partial charge in [0, 0.05) is 34.3 Å². The van der Waals surface area contributed by atoms with Gasteiger partial charge in [-0.25, -0.2) is 0 Å². The van der Waals surface area contributed by atoms with Crippen LogP contribution in [-0.2, 0) is 0 Å². The Labute approximate surface area is 137 Å². The molecule has 1 aromatic rings. The molecule has 4 heteroatoms. The number of thioether (sulfide) groups is 1. The van der Waals surface area contributed by atoms with Crippen LogP contribution in [0.25, 0.3) is 0 Å². The average Bonchev–Trinajstić information content (AvgIpc) is 2.68. The van der Waals surface area contributed by atoms with E-state index >= 15 is 0 Å². The number of nitrogens with zero attached hydrogens (tertiary/aromatic N) is 2. The third-order valence-corrected chi connectivity index (χ3v) is 6.30. The molecule has 2 unspecified atom stereocenters. The van der Waals surface area contributed by atoms with Crippen molar-refractivity contribution in [3.05, 3.63) is 23.2 Å². The quantitative estimate of drug-likeness (QED) is 0.807. The number of fused-ring (bicyclic) bond motifs is 2. The number of benzene rings is 1. The third-order valence-electron chi connectivity index (χ3n) is 4.61. The zero-order valence-corrected chi connectivity index (χ0v) is 14.6. The van der Waals surface area contributed by atoms with Gasteiger partial charge in [-0.3, -0.25) is 0 Å². The molecular weight excluding hydrogens is 300 g/mol. The summed E-state index contributed by atoms with van der Waals surface area (Å²) >= 11 is 8.35. The van der Waals surface area contributed by atoms with Gasteiger partial charge in [0.15, 0.2) is 0 Å². The molecule has 2 nitrogen and oxygen atoms in total. The van der Waals surface area contributed by atoms with Gasteiger partial charge in [0.25, 0.3) is 0 Å². The molecule has 21 heavy (non-hydrogen) atoms. The SMILES string of the molecule is CN(C)CCN1c2cc(Cl)ccc2SC2CCCCCC21. The minimum absolute atomic E-state index is 0.684. The third kappa shape index (κ3) is 3.52. The molecule has 3 rings (SSSR count). The molecule has 1 aliphatic heterocycles. The predicted molar refractivity (Wildman–Crippen MR) is 93.9 cm³/mol. The van der Waals surface area contributed by atoms with Crippen LogP contribution in [0.15, 0.2) is 23.1 Å². The molecular formula is C17H25ClN2S. The summed E-state index contributed by atoms with van der Waals surface area (Å²) in [5.41, 5.74) is 1.36. The summed E-state index contributed by atoms with van der Waals surface area (Å²) in [4.78, 5) is 6.34. The second-order valence-electron chi connectivity index (χ2n) is 6.47. The summed E-state index contributed by atoms with van der Waals surface area (Å²) in [7, 11) is 4.31. The highest BCUT2D eigenvalue weighted by molar-refractivity contribution is 8.00. The zero-order chi connectivity index (χ0) is 14.8. The molecule has 0 N–H and O–H groups in total. The van der Waals surface area contributed by atoms with Gasteiger partial charge in [0.2, 0.25) is 0 Å². The second kappa shape index (κ2) is 6.80. The van der Waals surface area contributed by atoms with E-state index in [1.54, 1.807) is 0 Å². The van der Waals surface area contributed by atoms with Crippen molar-refractivity contribution in [2.24, 2.45) is 0 Å². The van der Waals surface area contributed by atoms with E-state index in [-0.39, 0.29) is 0 Å². The lowest BCUT2D eigenvalue weighted by atomic mass is 10.0. The van der Waals surface area contributed by atoms with Crippen LogP contribution in [-0.4, -0.2) is 43.4 Å². The fourth-order valence-electron chi connectivity index (χ4n) is 3.50. The van der Waals surface area contributed by atoms with Crippen molar-refractivity contribution in [3.8, 4) is 0 Å². The van der Waals surface area contributed by atoms with Crippen molar-refractivity contribution in [2.45, 2.75) is 48.3 Å². The van der Waals surface area contributed by atoms with E-state index in [0.717, 1.165) is 23.4 Å². The summed E-state index contributed by atoms with van der Waals surface area (Å²) < 4.78 is 0. The second-order valence-corrected chi connectivity index (χ2v) is 8.19. The smallest absolute Gasteiger partial charge is 0.0522 e. The van der Waals surface area contributed by atoms with Gasteiger partial charge in [-0.05, 0) is 45.1 Å². The Morgan fingerprint density at radius 1 is 1.24 bits per heavy atom. The Kier molecular flexibility index (Phi) is 5.03. The van der Waals surface area contributed by atoms with Crippen molar-refractivity contribution in [1.82, 2.24) is 4.90 Å². The van der Waals surface area contributed by atoms with Gasteiger partial charge >= 0.3 is 0 Å². The molecule has 2 atom stereocenters. The van der Waals surface area contributed by atoms with Crippen LogP contribution in [0.2, 0.25) is 5.02 Å². The number of rotatable bonds is 3. The lowest BCUT2D eigenvalue weighted by Gasteiger charge is -2.43. The number of likely N-dealkylation sites (N-methyl/N-ethyl adjacent to an activating group) is 1. The van der Waals surface area contributed by atoms with Crippen LogP contribution in [0.5, 0.6) is 0 Å². The molecule has 0 saturated heterocycles. The number of halogens is 1. The number of hydrogen-bond donors (Lipinski definition) is 0. The van der Waals surface area contributed by atoms with E-state index < -0.39 is 0 Å². The zero-order valence-electron chi connectivity index (χ0n) is 13.0. The molecule has 1 heterocycles. The lowest BCUT2D eigenvalue weighted by molar-refractivity contribution is 0.397. The van der Waals surface area contributed by atoms with E-state index in [0.29, 0.717) is 6.04 Å². The van der Waals surface area contributed by atoms with Crippen molar-refractivity contribution in [3.63, 3.8) is 0 Å². The molecule has 1 saturated carbocycles. The van der Waals surface area contributed by atoms with Gasteiger partial charge in [-0.2, -0.15) is 0 Å². The number of hydrogen-bond acceptors (Lipinski definition) is 3. The highest BCUT2D eigenvalue weighted by Crippen LogP contribution is 2.46. The highest BCUT2D eigenvalue weighted by Gasteiger charge is 2.35. The van der Waals surface area contributed by atoms with Gasteiger partial charge in [-0.15, -0.1) is 11.8 Å². The lowest BCUT2D eigenvalue weighted by Crippen LogP contribution is -2.47. The van der Waals surface area contributed by atoms with E-state index in [1.807, 2.05) is 6.07 Å². The van der Waals surface area contributed by atoms with E-state index in [2.05, 4.69) is 47.8 Å². The van der Waals surface area contributed by atoms with Crippen LogP contribution < -0.4 is 4.90 Å². The first-order chi connectivity index (χ1) is 10.1. The van der Waals surface area contributed by atoms with E-state index in [1.165, 1.54) is 42.7 Å². The van der Waals surface area contributed by atoms with Crippen LogP contribution >= 0.6 is 23.4 Å². The van der Waals surface area contributed by atoms with Gasteiger partial charge in [0.05, 0.1) is 5.69 Å². The van der Waals surface area contributed by atoms with Crippen molar-refractivity contribution in [2.75, 3.05) is 32.1 Å². The fraction of sp³-hybridized carbons (Fsp3) is 0.647. The Morgan fingerprint density at radius 3 is 2.86 bits per heavy atom. The van der Waals surface area contributed by atoms with E-state index in [4.69, 9.17) is 11.6 Å². The molecule has 0 spiro atoms. The summed E-state index contributed by atoms with van der Waals surface area (Å²) in [5.74, 6) is 0. The molecule has 0 radical (unpaired) electrons. The average molecular weight is 325 g/mol. The molecule has 1 aliphatic carbocycles. The minimum atomic E-state index is 0.684. The summed E-state index contributed by atoms with van der Waals surface area (Å²) in [6, 6.07) is 7.10. The normalized spacial score (nSPS) is 25.4. The molecule has 116 valence electrons. The molecule has 0 aromatic heterocycles. The first-order valence-electron chi connectivity index (χ1n) is 8.03. The Bertz CT molecular complexity index is 492. The Morgan fingerprint density at radius 2 is 2.05 bits per heavy atom. The Hall–Kier alpha value is -0.380. The topological polar surface area (TPSA) is 6.48 Å². The maximum absolute atomic E-state index is 6.27. The van der Waals surface area contributed by atoms with Crippen LogP contribution in [0.4, 0.5) is 5.69 Å². The molecule has 0 bridgehead atoms. The van der Waals surface area contributed by atoms with Crippen LogP contribution in [0.3, 0.4) is 0 Å². The van der Waals surface area contributed by atoms with Gasteiger partial charge < -0.3 is 9.80 Å². The first-order valence-corrected chi connectivity index (χ1v) is 9.28. The molecule has 1 fully saturated rings. The van der Waals surface area contributed by atoms with Gasteiger partial charge in [-0.1, -0.05) is 30.9 Å². The fourth-order valence-corrected chi connectivity index (χ4v) is 5.16. The predicted octanol–water partition coefficient (Wildman–Crippen LogP) is 4.52. The monoisotopic (exact) mass is 324 g/mol. The van der Waals surface area contributed by atoms with Crippen molar-refractivity contribution >= 4 is 29.1 Å². The minimum Gasteiger partial charge on any atom is -0.365 e. The summed E-state index contributed by atoms with van der Waals surface area (Å²) in [6.07, 6.45) is 6.84. The Balaban J connectivity index is 1.92. The van der Waals surface area contributed by atoms with Crippen LogP contribution in [0, 0.1) is 0 Å². The van der Waals surface area contributed by atoms with E-state index in [9.17, 15) is 0 Å². The largest absolute Gasteiger partial charge is 0.365 e. The highest BCUT2D eigenvalue weighted by atomic mass is 35.5. The molecule has 2 aliphatic rings. The maximum atomic E-state index is 6.27. The van der Waals surface area contributed by atoms with Crippen molar-refractivity contribution in [1.29, 1.82) is 0 Å². The standard InChI is InChI=1S/C17H25ClN2S/c1-19(2)10-11-20-14-6-4-3-5-7-16(14)21-17-9-8-13(18)12-15(17)20/h8-9,12,14,16H,3-7,10-11H2,1-2H3. The van der Waals surface area contributed by atoms with Crippen molar-refractivity contribution < 1.29 is 0 Å². The number of anilines is 1. The van der Waals surface area contributed by atoms with Crippen LogP contribution in [0.1, 0.15) is 32.1 Å². The summed E-state index contributed by atoms with van der Waals surface area (Å²) in [5, 5.41) is 1.61. The maximum Gasteiger partial charge on any atom is 0.0522 e. The van der Waals surface area contributed by atoms with Gasteiger partial charge in [0.1, 0.15) is 0 Å². The molecule has 0 amide bonds. The first kappa shape index (κ1) is 15.5. The summed E-state index contributed by atoms with van der Waals surface area (Å²) in [6.45, 7) is 2.20. The molecule has 1 aromatic carbocycles.